The van der Waals surface area contributed by atoms with E-state index in [4.69, 9.17) is 0 Å². The van der Waals surface area contributed by atoms with Crippen molar-refractivity contribution in [2.24, 2.45) is 10.9 Å². The number of aliphatic imine (C=N–C) groups is 1. The van der Waals surface area contributed by atoms with Gasteiger partial charge in [0.25, 0.3) is 0 Å². The van der Waals surface area contributed by atoms with Gasteiger partial charge in [0.1, 0.15) is 18.1 Å². The molecule has 0 aromatic carbocycles. The number of aliphatic hydroxyl groups excluding tert-OH is 1. The lowest BCUT2D eigenvalue weighted by atomic mass is 10.0. The standard InChI is InChI=1S/C16H25N3O4/c1-9(2)8-13(21)19-14(11(4)20)16(23)18-12-6-5-7-17-10(3)15(12)22/h5-7,9-12,14,20H,8H2,1-4H3,(H,18,23)(H,19,21)/t10?,11-,12?,14+/m1/s1. The van der Waals surface area contributed by atoms with Crippen molar-refractivity contribution in [3.8, 4) is 0 Å². The largest absolute Gasteiger partial charge is 0.391 e. The zero-order valence-electron chi connectivity index (χ0n) is 13.9. The van der Waals surface area contributed by atoms with Crippen LogP contribution in [0.1, 0.15) is 34.1 Å². The predicted octanol–water partition coefficient (Wildman–Crippen LogP) is -0.0189. The Balaban J connectivity index is 2.74. The zero-order valence-corrected chi connectivity index (χ0v) is 13.9. The van der Waals surface area contributed by atoms with E-state index < -0.39 is 30.1 Å². The molecule has 2 amide bonds. The molecule has 4 atom stereocenters. The second-order valence-corrected chi connectivity index (χ2v) is 6.13. The van der Waals surface area contributed by atoms with Gasteiger partial charge in [0, 0.05) is 12.6 Å². The van der Waals surface area contributed by atoms with Crippen LogP contribution in [0.4, 0.5) is 0 Å². The minimum Gasteiger partial charge on any atom is -0.391 e. The van der Waals surface area contributed by atoms with Crippen LogP contribution in [0.5, 0.6) is 0 Å². The highest BCUT2D eigenvalue weighted by Gasteiger charge is 2.30. The van der Waals surface area contributed by atoms with Crippen molar-refractivity contribution in [2.45, 2.75) is 58.3 Å². The number of nitrogens with zero attached hydrogens (tertiary/aromatic N) is 1. The van der Waals surface area contributed by atoms with Gasteiger partial charge in [0.15, 0.2) is 5.78 Å². The molecule has 0 saturated heterocycles. The SMILES string of the molecule is CC(C)CC(=O)N[C@H](C(=O)NC1C=CC=NC(C)C1=O)[C@@H](C)O. The Morgan fingerprint density at radius 1 is 1.35 bits per heavy atom. The number of hydrogen-bond donors (Lipinski definition) is 3. The van der Waals surface area contributed by atoms with Gasteiger partial charge in [-0.1, -0.05) is 19.9 Å². The lowest BCUT2D eigenvalue weighted by molar-refractivity contribution is -0.133. The van der Waals surface area contributed by atoms with Gasteiger partial charge >= 0.3 is 0 Å². The molecule has 7 heteroatoms. The number of amides is 2. The molecule has 0 aromatic heterocycles. The molecule has 1 rings (SSSR count). The van der Waals surface area contributed by atoms with Crippen LogP contribution in [0.15, 0.2) is 17.1 Å². The van der Waals surface area contributed by atoms with Gasteiger partial charge in [-0.05, 0) is 25.8 Å². The summed E-state index contributed by atoms with van der Waals surface area (Å²) in [6.45, 7) is 6.82. The van der Waals surface area contributed by atoms with Crippen LogP contribution >= 0.6 is 0 Å². The summed E-state index contributed by atoms with van der Waals surface area (Å²) in [5, 5.41) is 14.8. The first-order valence-electron chi connectivity index (χ1n) is 7.73. The van der Waals surface area contributed by atoms with Crippen LogP contribution in [0.3, 0.4) is 0 Å². The average Bonchev–Trinajstić information content (AvgIpc) is 2.59. The summed E-state index contributed by atoms with van der Waals surface area (Å²) in [4.78, 5) is 40.3. The number of ketones is 1. The number of Topliss-reactive ketones (excluding diaryl/α,β-unsaturated/α-hetero) is 1. The summed E-state index contributed by atoms with van der Waals surface area (Å²) in [6, 6.07) is -2.50. The Kier molecular flexibility index (Phi) is 7.09. The second-order valence-electron chi connectivity index (χ2n) is 6.13. The molecule has 0 radical (unpaired) electrons. The van der Waals surface area contributed by atoms with Crippen LogP contribution in [0.25, 0.3) is 0 Å². The van der Waals surface area contributed by atoms with E-state index in [9.17, 15) is 19.5 Å². The minimum absolute atomic E-state index is 0.136. The Bertz CT molecular complexity index is 511. The fourth-order valence-electron chi connectivity index (χ4n) is 2.14. The van der Waals surface area contributed by atoms with Crippen LogP contribution < -0.4 is 10.6 Å². The highest BCUT2D eigenvalue weighted by atomic mass is 16.3. The van der Waals surface area contributed by atoms with Gasteiger partial charge in [-0.15, -0.1) is 0 Å². The molecule has 128 valence electrons. The Morgan fingerprint density at radius 2 is 2.00 bits per heavy atom. The molecule has 1 aliphatic rings. The van der Waals surface area contributed by atoms with E-state index in [1.54, 1.807) is 13.0 Å². The molecule has 0 spiro atoms. The van der Waals surface area contributed by atoms with Crippen molar-refractivity contribution in [1.82, 2.24) is 10.6 Å². The van der Waals surface area contributed by atoms with Crippen molar-refractivity contribution in [2.75, 3.05) is 0 Å². The van der Waals surface area contributed by atoms with Crippen molar-refractivity contribution in [3.05, 3.63) is 12.2 Å². The third-order valence-corrected chi connectivity index (χ3v) is 3.39. The molecule has 3 N–H and O–H groups in total. The molecule has 23 heavy (non-hydrogen) atoms. The van der Waals surface area contributed by atoms with E-state index in [2.05, 4.69) is 15.6 Å². The third-order valence-electron chi connectivity index (χ3n) is 3.39. The molecule has 0 aliphatic carbocycles. The number of aliphatic hydroxyl groups is 1. The molecule has 0 aromatic rings. The maximum atomic E-state index is 12.3. The summed E-state index contributed by atoms with van der Waals surface area (Å²) in [5.41, 5.74) is 0. The first kappa shape index (κ1) is 19.0. The summed E-state index contributed by atoms with van der Waals surface area (Å²) in [7, 11) is 0. The molecular weight excluding hydrogens is 298 g/mol. The highest BCUT2D eigenvalue weighted by molar-refractivity contribution is 5.98. The Labute approximate surface area is 136 Å². The molecule has 2 unspecified atom stereocenters. The zero-order chi connectivity index (χ0) is 17.6. The molecule has 1 aliphatic heterocycles. The van der Waals surface area contributed by atoms with Crippen molar-refractivity contribution >= 4 is 23.8 Å². The van der Waals surface area contributed by atoms with E-state index in [1.807, 2.05) is 13.8 Å². The molecule has 7 nitrogen and oxygen atoms in total. The topological polar surface area (TPSA) is 108 Å². The van der Waals surface area contributed by atoms with E-state index in [0.717, 1.165) is 0 Å². The number of allylic oxidation sites excluding steroid dienone is 1. The number of rotatable bonds is 6. The number of nitrogens with one attached hydrogen (secondary N) is 2. The van der Waals surface area contributed by atoms with Gasteiger partial charge in [-0.25, -0.2) is 0 Å². The molecule has 1 heterocycles. The summed E-state index contributed by atoms with van der Waals surface area (Å²) >= 11 is 0. The summed E-state index contributed by atoms with van der Waals surface area (Å²) < 4.78 is 0. The van der Waals surface area contributed by atoms with Gasteiger partial charge in [-0.2, -0.15) is 0 Å². The van der Waals surface area contributed by atoms with E-state index in [1.165, 1.54) is 19.2 Å². The van der Waals surface area contributed by atoms with Gasteiger partial charge in [0.05, 0.1) is 6.10 Å². The first-order chi connectivity index (χ1) is 10.7. The maximum Gasteiger partial charge on any atom is 0.246 e. The highest BCUT2D eigenvalue weighted by Crippen LogP contribution is 2.05. The van der Waals surface area contributed by atoms with Crippen LogP contribution in [-0.2, 0) is 14.4 Å². The molecule has 0 bridgehead atoms. The third kappa shape index (κ3) is 5.94. The lowest BCUT2D eigenvalue weighted by Gasteiger charge is -2.23. The van der Waals surface area contributed by atoms with E-state index >= 15 is 0 Å². The Hall–Kier alpha value is -2.02. The minimum atomic E-state index is -1.11. The van der Waals surface area contributed by atoms with Gasteiger partial charge in [0.2, 0.25) is 11.8 Å². The molecule has 0 saturated carbocycles. The fourth-order valence-corrected chi connectivity index (χ4v) is 2.14. The van der Waals surface area contributed by atoms with E-state index in [-0.39, 0.29) is 24.0 Å². The number of hydrogen-bond acceptors (Lipinski definition) is 5. The Morgan fingerprint density at radius 3 is 2.57 bits per heavy atom. The first-order valence-corrected chi connectivity index (χ1v) is 7.73. The summed E-state index contributed by atoms with van der Waals surface area (Å²) in [6.07, 6.45) is 3.79. The van der Waals surface area contributed by atoms with Crippen LogP contribution in [-0.4, -0.2) is 53.1 Å². The van der Waals surface area contributed by atoms with Crippen LogP contribution in [0, 0.1) is 5.92 Å². The van der Waals surface area contributed by atoms with E-state index in [0.29, 0.717) is 0 Å². The quantitative estimate of drug-likeness (QED) is 0.638. The van der Waals surface area contributed by atoms with Crippen molar-refractivity contribution in [3.63, 3.8) is 0 Å². The van der Waals surface area contributed by atoms with Crippen molar-refractivity contribution < 1.29 is 19.5 Å². The number of carbonyl (C=O) groups excluding carboxylic acids is 3. The monoisotopic (exact) mass is 323 g/mol. The summed E-state index contributed by atoms with van der Waals surface area (Å²) in [5.74, 6) is -1.03. The van der Waals surface area contributed by atoms with Crippen LogP contribution in [0.2, 0.25) is 0 Å². The molecule has 0 fully saturated rings. The lowest BCUT2D eigenvalue weighted by Crippen LogP contribution is -2.56. The fraction of sp³-hybridized carbons (Fsp3) is 0.625. The number of carbonyl (C=O) groups is 3. The second kappa shape index (κ2) is 8.57. The smallest absolute Gasteiger partial charge is 0.246 e. The maximum absolute atomic E-state index is 12.3. The van der Waals surface area contributed by atoms with Crippen molar-refractivity contribution in [1.29, 1.82) is 0 Å². The van der Waals surface area contributed by atoms with Gasteiger partial charge < -0.3 is 15.7 Å². The van der Waals surface area contributed by atoms with Gasteiger partial charge in [-0.3, -0.25) is 19.4 Å². The molecular formula is C16H25N3O4. The normalized spacial score (nSPS) is 23.3. The average molecular weight is 323 g/mol. The predicted molar refractivity (Wildman–Crippen MR) is 87.1 cm³/mol.